The first-order valence-electron chi connectivity index (χ1n) is 12.5. The van der Waals surface area contributed by atoms with Gasteiger partial charge in [-0.25, -0.2) is 15.0 Å². The third kappa shape index (κ3) is 6.74. The van der Waals surface area contributed by atoms with Crippen LogP contribution < -0.4 is 15.6 Å². The molecule has 4 rings (SSSR count). The highest BCUT2D eigenvalue weighted by molar-refractivity contribution is 6.42. The van der Waals surface area contributed by atoms with E-state index in [1.54, 1.807) is 75.4 Å². The Bertz CT molecular complexity index is 1570. The zero-order chi connectivity index (χ0) is 30.8. The highest BCUT2D eigenvalue weighted by Gasteiger charge is 2.56. The number of anilines is 2. The molecule has 3 aromatic carbocycles. The molecule has 1 heterocycles. The van der Waals surface area contributed by atoms with Gasteiger partial charge in [0.2, 0.25) is 0 Å². The van der Waals surface area contributed by atoms with Gasteiger partial charge in [-0.1, -0.05) is 64.6 Å². The summed E-state index contributed by atoms with van der Waals surface area (Å²) in [6.45, 7) is 4.46. The Morgan fingerprint density at radius 1 is 0.976 bits per heavy atom. The third-order valence-corrected chi connectivity index (χ3v) is 7.81. The number of nitrogens with zero attached hydrogens (tertiary/aromatic N) is 4. The molecule has 3 N–H and O–H groups in total. The monoisotopic (exact) mass is 650 g/mol. The molecule has 3 aromatic rings. The Morgan fingerprint density at radius 3 is 2.29 bits per heavy atom. The third-order valence-electron chi connectivity index (χ3n) is 6.60. The second-order valence-corrected chi connectivity index (χ2v) is 11.6. The number of hydroxylamine groups is 2. The van der Waals surface area contributed by atoms with Crippen LogP contribution >= 0.6 is 46.4 Å². The fourth-order valence-electron chi connectivity index (χ4n) is 4.46. The van der Waals surface area contributed by atoms with Gasteiger partial charge in [-0.05, 0) is 74.9 Å². The number of amides is 5. The van der Waals surface area contributed by atoms with Crippen LogP contribution in [0.4, 0.5) is 21.0 Å². The number of carbonyl (C=O) groups is 3. The Kier molecular flexibility index (Phi) is 9.54. The van der Waals surface area contributed by atoms with Crippen molar-refractivity contribution in [2.24, 2.45) is 5.10 Å². The van der Waals surface area contributed by atoms with Crippen LogP contribution in [0.5, 0.6) is 0 Å². The molecule has 0 aliphatic carbocycles. The number of nitrogens with one attached hydrogen (secondary N) is 2. The van der Waals surface area contributed by atoms with Gasteiger partial charge >= 0.3 is 12.1 Å². The van der Waals surface area contributed by atoms with Crippen molar-refractivity contribution in [2.45, 2.75) is 32.5 Å². The maximum atomic E-state index is 13.8. The summed E-state index contributed by atoms with van der Waals surface area (Å²) in [7, 11) is 0. The van der Waals surface area contributed by atoms with Gasteiger partial charge in [0.05, 0.1) is 21.3 Å². The van der Waals surface area contributed by atoms with E-state index in [9.17, 15) is 19.6 Å². The largest absolute Gasteiger partial charge is 0.347 e. The van der Waals surface area contributed by atoms with E-state index in [1.165, 1.54) is 21.9 Å². The smallest absolute Gasteiger partial charge is 0.306 e. The highest BCUT2D eigenvalue weighted by atomic mass is 35.5. The summed E-state index contributed by atoms with van der Waals surface area (Å²) in [5.41, 5.74) is 2.86. The first-order valence-corrected chi connectivity index (χ1v) is 14.0. The topological polar surface area (TPSA) is 118 Å². The number of hydrogen-bond acceptors (Lipinski definition) is 5. The lowest BCUT2D eigenvalue weighted by Gasteiger charge is -2.38. The van der Waals surface area contributed by atoms with Gasteiger partial charge in [-0.2, -0.15) is 10.2 Å². The minimum Gasteiger partial charge on any atom is -0.306 e. The van der Waals surface area contributed by atoms with E-state index in [1.807, 2.05) is 0 Å². The first-order chi connectivity index (χ1) is 19.8. The van der Waals surface area contributed by atoms with Crippen LogP contribution in [0.25, 0.3) is 0 Å². The number of hydrogen-bond donors (Lipinski definition) is 3. The molecule has 10 nitrogen and oxygen atoms in total. The molecule has 5 amide bonds. The van der Waals surface area contributed by atoms with Crippen molar-refractivity contribution in [3.63, 3.8) is 0 Å². The average molecular weight is 652 g/mol. The molecule has 0 aromatic heterocycles. The Hall–Kier alpha value is -3.54. The Balaban J connectivity index is 1.60. The van der Waals surface area contributed by atoms with Crippen LogP contribution in [0, 0.1) is 0 Å². The molecule has 1 atom stereocenters. The first kappa shape index (κ1) is 31.4. The van der Waals surface area contributed by atoms with Gasteiger partial charge in [0.1, 0.15) is 6.54 Å². The van der Waals surface area contributed by atoms with E-state index in [0.717, 1.165) is 0 Å². The van der Waals surface area contributed by atoms with Gasteiger partial charge in [-0.3, -0.25) is 14.9 Å². The molecule has 1 fully saturated rings. The second kappa shape index (κ2) is 12.8. The van der Waals surface area contributed by atoms with E-state index in [0.29, 0.717) is 47.8 Å². The minimum atomic E-state index is -1.29. The predicted molar refractivity (Wildman–Crippen MR) is 165 cm³/mol. The summed E-state index contributed by atoms with van der Waals surface area (Å²) in [4.78, 5) is 42.4. The van der Waals surface area contributed by atoms with Crippen LogP contribution in [-0.2, 0) is 4.79 Å². The normalized spacial score (nSPS) is 16.4. The fourth-order valence-corrected chi connectivity index (χ4v) is 5.14. The number of carbonyl (C=O) groups excluding carboxylic acids is 3. The number of halogens is 4. The molecule has 42 heavy (non-hydrogen) atoms. The number of urea groups is 2. The summed E-state index contributed by atoms with van der Waals surface area (Å²) in [6.07, 6.45) is -1.28. The van der Waals surface area contributed by atoms with Gasteiger partial charge in [-0.15, -0.1) is 0 Å². The molecule has 0 saturated carbocycles. The molecule has 1 aliphatic rings. The maximum Gasteiger partial charge on any atom is 0.347 e. The van der Waals surface area contributed by atoms with E-state index in [-0.39, 0.29) is 0 Å². The summed E-state index contributed by atoms with van der Waals surface area (Å²) in [5, 5.41) is 19.7. The van der Waals surface area contributed by atoms with Crippen LogP contribution in [0.3, 0.4) is 0 Å². The lowest BCUT2D eigenvalue weighted by atomic mass is 9.99. The van der Waals surface area contributed by atoms with Gasteiger partial charge in [0.25, 0.3) is 5.91 Å². The highest BCUT2D eigenvalue weighted by Crippen LogP contribution is 2.38. The number of hydrazone groups is 1. The van der Waals surface area contributed by atoms with Crippen molar-refractivity contribution >= 4 is 81.5 Å². The summed E-state index contributed by atoms with van der Waals surface area (Å²) in [6, 6.07) is 16.1. The number of rotatable bonds is 7. The van der Waals surface area contributed by atoms with Crippen molar-refractivity contribution in [3.8, 4) is 0 Å². The zero-order valence-electron chi connectivity index (χ0n) is 22.6. The van der Waals surface area contributed by atoms with Crippen molar-refractivity contribution in [2.75, 3.05) is 16.8 Å². The molecule has 14 heteroatoms. The van der Waals surface area contributed by atoms with E-state index >= 15 is 0 Å². The maximum absolute atomic E-state index is 13.8. The van der Waals surface area contributed by atoms with E-state index < -0.39 is 36.2 Å². The Labute approximate surface area is 262 Å². The molecule has 1 aliphatic heterocycles. The Morgan fingerprint density at radius 2 is 1.64 bits per heavy atom. The van der Waals surface area contributed by atoms with Crippen molar-refractivity contribution in [1.82, 2.24) is 15.4 Å². The zero-order valence-corrected chi connectivity index (χ0v) is 25.6. The standard InChI is InChI=1S/C28H26Cl4N6O4/c1-16(17-10-11-22(31)23(32)12-17)34-35-24(39)15-36-27(41)37(21-9-5-7-19(30)14-21)25(28(36,2)3)38(42)26(40)33-20-8-4-6-18(29)13-20/h4-14,25,42H,15H2,1-3H3,(H,33,40)(H,35,39)/b34-16+/t25-/m0/s1. The minimum absolute atomic E-state index is 0.302. The molecule has 1 saturated heterocycles. The van der Waals surface area contributed by atoms with Crippen LogP contribution in [0.1, 0.15) is 26.3 Å². The van der Waals surface area contributed by atoms with Crippen LogP contribution in [-0.4, -0.2) is 57.1 Å². The molecular formula is C28H26Cl4N6O4. The lowest BCUT2D eigenvalue weighted by molar-refractivity contribution is -0.124. The molecule has 0 unspecified atom stereocenters. The van der Waals surface area contributed by atoms with Gasteiger partial charge in [0, 0.05) is 21.4 Å². The summed E-state index contributed by atoms with van der Waals surface area (Å²) in [5.74, 6) is -0.615. The fraction of sp³-hybridized carbons (Fsp3) is 0.214. The molecule has 0 radical (unpaired) electrons. The number of benzene rings is 3. The molecule has 0 bridgehead atoms. The van der Waals surface area contributed by atoms with Crippen molar-refractivity contribution in [3.05, 3.63) is 92.4 Å². The van der Waals surface area contributed by atoms with Crippen LogP contribution in [0.2, 0.25) is 20.1 Å². The average Bonchev–Trinajstić information content (AvgIpc) is 3.13. The summed E-state index contributed by atoms with van der Waals surface area (Å²) < 4.78 is 0. The van der Waals surface area contributed by atoms with Gasteiger partial charge in [0.15, 0.2) is 6.17 Å². The summed E-state index contributed by atoms with van der Waals surface area (Å²) >= 11 is 24.3. The SMILES string of the molecule is C/C(=N\NC(=O)CN1C(=O)N(c2cccc(Cl)c2)[C@@H](N(O)C(=O)Nc2cccc(Cl)c2)C1(C)C)c1ccc(Cl)c(Cl)c1. The molecule has 220 valence electrons. The molecule has 0 spiro atoms. The van der Waals surface area contributed by atoms with Crippen LogP contribution in [0.15, 0.2) is 71.8 Å². The quantitative estimate of drug-likeness (QED) is 0.143. The van der Waals surface area contributed by atoms with E-state index in [2.05, 4.69) is 15.8 Å². The van der Waals surface area contributed by atoms with Gasteiger partial charge < -0.3 is 10.2 Å². The van der Waals surface area contributed by atoms with E-state index in [4.69, 9.17) is 46.4 Å². The van der Waals surface area contributed by atoms with Crippen molar-refractivity contribution in [1.29, 1.82) is 0 Å². The van der Waals surface area contributed by atoms with Crippen molar-refractivity contribution < 1.29 is 19.6 Å². The lowest BCUT2D eigenvalue weighted by Crippen LogP contribution is -2.58. The predicted octanol–water partition coefficient (Wildman–Crippen LogP) is 7.11. The molecular weight excluding hydrogens is 626 g/mol. The second-order valence-electron chi connectivity index (χ2n) is 9.89.